The molecular formula is C21H42IN5. The van der Waals surface area contributed by atoms with Crippen molar-refractivity contribution in [3.8, 4) is 0 Å². The van der Waals surface area contributed by atoms with Gasteiger partial charge in [-0.1, -0.05) is 19.3 Å². The van der Waals surface area contributed by atoms with Crippen molar-refractivity contribution in [2.24, 2.45) is 10.9 Å². The number of aliphatic imine (C=N–C) groups is 1. The zero-order chi connectivity index (χ0) is 18.2. The molecule has 158 valence electrons. The van der Waals surface area contributed by atoms with Gasteiger partial charge in [0, 0.05) is 44.8 Å². The van der Waals surface area contributed by atoms with Crippen LogP contribution in [-0.2, 0) is 0 Å². The second-order valence-corrected chi connectivity index (χ2v) is 8.74. The van der Waals surface area contributed by atoms with Crippen LogP contribution in [0.1, 0.15) is 64.7 Å². The van der Waals surface area contributed by atoms with Crippen molar-refractivity contribution < 1.29 is 0 Å². The number of nitrogens with zero attached hydrogens (tertiary/aromatic N) is 3. The Bertz CT molecular complexity index is 430. The summed E-state index contributed by atoms with van der Waals surface area (Å²) in [5, 5.41) is 7.20. The average Bonchev–Trinajstić information content (AvgIpc) is 2.68. The van der Waals surface area contributed by atoms with Gasteiger partial charge >= 0.3 is 0 Å². The van der Waals surface area contributed by atoms with Crippen molar-refractivity contribution in [3.63, 3.8) is 0 Å². The molecule has 1 atom stereocenters. The van der Waals surface area contributed by atoms with Gasteiger partial charge in [-0.15, -0.1) is 24.0 Å². The van der Waals surface area contributed by atoms with Crippen LogP contribution in [0.3, 0.4) is 0 Å². The Kier molecular flexibility index (Phi) is 10.7. The molecule has 1 saturated carbocycles. The molecule has 5 nitrogen and oxygen atoms in total. The standard InChI is InChI=1S/C21H41N5.HI/c1-3-22-21(23-16-18-8-7-13-25(2)17-18)24-19-11-14-26(15-12-19)20-9-5-4-6-10-20;/h18-20H,3-17H2,1-2H3,(H2,22,23,24);1H. The quantitative estimate of drug-likeness (QED) is 0.352. The van der Waals surface area contributed by atoms with Crippen LogP contribution in [0.15, 0.2) is 4.99 Å². The molecule has 0 spiro atoms. The van der Waals surface area contributed by atoms with E-state index in [-0.39, 0.29) is 24.0 Å². The SMILES string of the molecule is CCNC(=NCC1CCCN(C)C1)NC1CCN(C2CCCCC2)CC1.I. The van der Waals surface area contributed by atoms with Crippen LogP contribution in [0.2, 0.25) is 0 Å². The van der Waals surface area contributed by atoms with E-state index in [2.05, 4.69) is 34.4 Å². The molecule has 0 aromatic rings. The molecule has 2 saturated heterocycles. The van der Waals surface area contributed by atoms with Gasteiger partial charge in [0.2, 0.25) is 0 Å². The Balaban J connectivity index is 0.00000261. The lowest BCUT2D eigenvalue weighted by Crippen LogP contribution is -2.51. The van der Waals surface area contributed by atoms with Crippen molar-refractivity contribution in [1.29, 1.82) is 0 Å². The van der Waals surface area contributed by atoms with Crippen LogP contribution >= 0.6 is 24.0 Å². The zero-order valence-corrected chi connectivity index (χ0v) is 19.9. The van der Waals surface area contributed by atoms with Gasteiger partial charge in [-0.3, -0.25) is 4.99 Å². The van der Waals surface area contributed by atoms with Gasteiger partial charge in [-0.05, 0) is 65.0 Å². The summed E-state index contributed by atoms with van der Waals surface area (Å²) in [5.74, 6) is 1.76. The minimum atomic E-state index is 0. The molecule has 6 heteroatoms. The third-order valence-electron chi connectivity index (χ3n) is 6.54. The molecule has 0 bridgehead atoms. The lowest BCUT2D eigenvalue weighted by Gasteiger charge is -2.39. The molecule has 2 N–H and O–H groups in total. The number of halogens is 1. The van der Waals surface area contributed by atoms with Crippen molar-refractivity contribution in [3.05, 3.63) is 0 Å². The lowest BCUT2D eigenvalue weighted by atomic mass is 9.92. The molecule has 0 radical (unpaired) electrons. The van der Waals surface area contributed by atoms with Gasteiger partial charge in [0.1, 0.15) is 0 Å². The smallest absolute Gasteiger partial charge is 0.191 e. The number of guanidine groups is 1. The Morgan fingerprint density at radius 1 is 0.963 bits per heavy atom. The number of piperidine rings is 2. The maximum atomic E-state index is 4.93. The Hall–Kier alpha value is -0.0800. The van der Waals surface area contributed by atoms with Gasteiger partial charge < -0.3 is 20.4 Å². The largest absolute Gasteiger partial charge is 0.357 e. The molecule has 1 unspecified atom stereocenters. The third kappa shape index (κ3) is 7.69. The van der Waals surface area contributed by atoms with Gasteiger partial charge in [0.15, 0.2) is 5.96 Å². The van der Waals surface area contributed by atoms with E-state index in [1.807, 2.05) is 0 Å². The van der Waals surface area contributed by atoms with Crippen molar-refractivity contribution >= 4 is 29.9 Å². The molecule has 2 heterocycles. The summed E-state index contributed by atoms with van der Waals surface area (Å²) >= 11 is 0. The highest BCUT2D eigenvalue weighted by atomic mass is 127. The molecule has 2 aliphatic heterocycles. The first-order chi connectivity index (χ1) is 12.7. The monoisotopic (exact) mass is 491 g/mol. The summed E-state index contributed by atoms with van der Waals surface area (Å²) in [6.45, 7) is 9.03. The van der Waals surface area contributed by atoms with Gasteiger partial charge in [0.25, 0.3) is 0 Å². The summed E-state index contributed by atoms with van der Waals surface area (Å²) in [6.07, 6.45) is 12.4. The molecule has 0 aromatic carbocycles. The van der Waals surface area contributed by atoms with E-state index in [0.717, 1.165) is 31.0 Å². The Morgan fingerprint density at radius 2 is 1.70 bits per heavy atom. The fourth-order valence-corrected chi connectivity index (χ4v) is 5.01. The maximum absolute atomic E-state index is 4.93. The van der Waals surface area contributed by atoms with Crippen LogP contribution in [0, 0.1) is 5.92 Å². The molecule has 1 aliphatic carbocycles. The summed E-state index contributed by atoms with van der Waals surface area (Å²) in [7, 11) is 2.24. The van der Waals surface area contributed by atoms with Gasteiger partial charge in [-0.25, -0.2) is 0 Å². The lowest BCUT2D eigenvalue weighted by molar-refractivity contribution is 0.119. The molecule has 3 rings (SSSR count). The number of nitrogens with one attached hydrogen (secondary N) is 2. The maximum Gasteiger partial charge on any atom is 0.191 e. The van der Waals surface area contributed by atoms with Crippen LogP contribution in [0.25, 0.3) is 0 Å². The highest BCUT2D eigenvalue weighted by molar-refractivity contribution is 14.0. The van der Waals surface area contributed by atoms with E-state index in [1.165, 1.54) is 84.0 Å². The highest BCUT2D eigenvalue weighted by Gasteiger charge is 2.26. The van der Waals surface area contributed by atoms with E-state index in [4.69, 9.17) is 4.99 Å². The fourth-order valence-electron chi connectivity index (χ4n) is 5.01. The third-order valence-corrected chi connectivity index (χ3v) is 6.54. The number of rotatable bonds is 5. The van der Waals surface area contributed by atoms with E-state index in [0.29, 0.717) is 6.04 Å². The van der Waals surface area contributed by atoms with E-state index in [9.17, 15) is 0 Å². The Morgan fingerprint density at radius 3 is 2.37 bits per heavy atom. The first kappa shape index (κ1) is 23.2. The van der Waals surface area contributed by atoms with Gasteiger partial charge in [0.05, 0.1) is 0 Å². The summed E-state index contributed by atoms with van der Waals surface area (Å²) in [6, 6.07) is 1.46. The highest BCUT2D eigenvalue weighted by Crippen LogP contribution is 2.25. The summed E-state index contributed by atoms with van der Waals surface area (Å²) in [4.78, 5) is 10.1. The minimum Gasteiger partial charge on any atom is -0.357 e. The first-order valence-electron chi connectivity index (χ1n) is 11.2. The van der Waals surface area contributed by atoms with E-state index in [1.54, 1.807) is 0 Å². The second-order valence-electron chi connectivity index (χ2n) is 8.74. The zero-order valence-electron chi connectivity index (χ0n) is 17.6. The van der Waals surface area contributed by atoms with E-state index < -0.39 is 0 Å². The normalized spacial score (nSPS) is 27.2. The Labute approximate surface area is 184 Å². The predicted octanol–water partition coefficient (Wildman–Crippen LogP) is 3.30. The topological polar surface area (TPSA) is 42.9 Å². The first-order valence-corrected chi connectivity index (χ1v) is 11.2. The van der Waals surface area contributed by atoms with Gasteiger partial charge in [-0.2, -0.15) is 0 Å². The molecular weight excluding hydrogens is 449 g/mol. The van der Waals surface area contributed by atoms with Crippen LogP contribution < -0.4 is 10.6 Å². The summed E-state index contributed by atoms with van der Waals surface area (Å²) < 4.78 is 0. The molecule has 0 amide bonds. The van der Waals surface area contributed by atoms with Crippen molar-refractivity contribution in [2.75, 3.05) is 46.3 Å². The fraction of sp³-hybridized carbons (Fsp3) is 0.952. The van der Waals surface area contributed by atoms with Crippen LogP contribution in [-0.4, -0.2) is 74.2 Å². The molecule has 3 aliphatic rings. The minimum absolute atomic E-state index is 0. The second kappa shape index (κ2) is 12.5. The molecule has 27 heavy (non-hydrogen) atoms. The average molecular weight is 492 g/mol. The number of hydrogen-bond donors (Lipinski definition) is 2. The summed E-state index contributed by atoms with van der Waals surface area (Å²) in [5.41, 5.74) is 0. The molecule has 3 fully saturated rings. The number of hydrogen-bond acceptors (Lipinski definition) is 3. The molecule has 0 aromatic heterocycles. The van der Waals surface area contributed by atoms with Crippen LogP contribution in [0.4, 0.5) is 0 Å². The predicted molar refractivity (Wildman–Crippen MR) is 126 cm³/mol. The number of likely N-dealkylation sites (tertiary alicyclic amines) is 2. The van der Waals surface area contributed by atoms with Crippen molar-refractivity contribution in [1.82, 2.24) is 20.4 Å². The van der Waals surface area contributed by atoms with Crippen LogP contribution in [0.5, 0.6) is 0 Å². The van der Waals surface area contributed by atoms with E-state index >= 15 is 0 Å². The van der Waals surface area contributed by atoms with Crippen molar-refractivity contribution in [2.45, 2.75) is 76.8 Å².